The number of benzene rings is 2. The molecule has 0 aromatic heterocycles. The minimum absolute atomic E-state index is 0.0773. The summed E-state index contributed by atoms with van der Waals surface area (Å²) in [6.07, 6.45) is 7.29. The molecule has 0 aliphatic heterocycles. The van der Waals surface area contributed by atoms with Crippen LogP contribution < -0.4 is 5.32 Å². The number of halogens is 4. The van der Waals surface area contributed by atoms with E-state index in [0.29, 0.717) is 5.92 Å². The fourth-order valence-corrected chi connectivity index (χ4v) is 5.00. The summed E-state index contributed by atoms with van der Waals surface area (Å²) in [6.45, 7) is 0.239. The highest BCUT2D eigenvalue weighted by atomic mass is 35.5. The van der Waals surface area contributed by atoms with E-state index < -0.39 is 17.8 Å². The molecule has 1 N–H and O–H groups in total. The summed E-state index contributed by atoms with van der Waals surface area (Å²) in [7, 11) is 0. The monoisotopic (exact) mass is 532 g/mol. The lowest BCUT2D eigenvalue weighted by Gasteiger charge is -2.37. The lowest BCUT2D eigenvalue weighted by Crippen LogP contribution is -2.44. The normalized spacial score (nSPS) is 17.6. The molecule has 1 aliphatic carbocycles. The number of amides is 2. The standard InChI is InChI=1S/C29H32ClF3N2O2/c1-2-3-4-8-21-13-15-26(16-14-21)35(20-23-10-6-5-9-22(23)17-27(36)19-30)28(37)34-25-12-7-11-24(18-25)29(31,32)33/h1,5-7,9-12,18,21,26H,3-4,8,13-17,19-20H2,(H,34,37). The molecule has 0 radical (unpaired) electrons. The largest absolute Gasteiger partial charge is 0.416 e. The Morgan fingerprint density at radius 2 is 1.76 bits per heavy atom. The molecule has 8 heteroatoms. The summed E-state index contributed by atoms with van der Waals surface area (Å²) in [6, 6.07) is 11.5. The van der Waals surface area contributed by atoms with Crippen molar-refractivity contribution in [1.29, 1.82) is 0 Å². The predicted molar refractivity (Wildman–Crippen MR) is 140 cm³/mol. The number of anilines is 1. The van der Waals surface area contributed by atoms with Crippen LogP contribution in [-0.4, -0.2) is 28.6 Å². The first-order valence-electron chi connectivity index (χ1n) is 12.5. The minimum Gasteiger partial charge on any atom is -0.317 e. The molecule has 3 rings (SSSR count). The summed E-state index contributed by atoms with van der Waals surface area (Å²) in [4.78, 5) is 27.2. The highest BCUT2D eigenvalue weighted by molar-refractivity contribution is 6.27. The molecule has 0 bridgehead atoms. The van der Waals surface area contributed by atoms with E-state index in [2.05, 4.69) is 11.2 Å². The van der Waals surface area contributed by atoms with Crippen LogP contribution in [0.1, 0.15) is 61.6 Å². The molecular weight excluding hydrogens is 501 g/mol. The molecule has 37 heavy (non-hydrogen) atoms. The molecule has 0 atom stereocenters. The van der Waals surface area contributed by atoms with Crippen molar-refractivity contribution in [2.75, 3.05) is 11.2 Å². The molecule has 2 aromatic rings. The van der Waals surface area contributed by atoms with E-state index in [0.717, 1.165) is 68.2 Å². The second-order valence-corrected chi connectivity index (χ2v) is 9.79. The molecule has 0 heterocycles. The van der Waals surface area contributed by atoms with Crippen LogP contribution in [0.3, 0.4) is 0 Å². The van der Waals surface area contributed by atoms with Gasteiger partial charge in [-0.05, 0) is 73.8 Å². The Morgan fingerprint density at radius 1 is 1.05 bits per heavy atom. The van der Waals surface area contributed by atoms with Gasteiger partial charge in [-0.15, -0.1) is 23.9 Å². The number of hydrogen-bond donors (Lipinski definition) is 1. The average molecular weight is 533 g/mol. The van der Waals surface area contributed by atoms with Gasteiger partial charge in [-0.2, -0.15) is 13.2 Å². The summed E-state index contributed by atoms with van der Waals surface area (Å²) in [5.74, 6) is 3.00. The number of carbonyl (C=O) groups is 2. The summed E-state index contributed by atoms with van der Waals surface area (Å²) in [5, 5.41) is 2.67. The van der Waals surface area contributed by atoms with Gasteiger partial charge in [-0.25, -0.2) is 4.79 Å². The molecule has 0 saturated heterocycles. The Bertz CT molecular complexity index is 1100. The Hall–Kier alpha value is -2.98. The fourth-order valence-electron chi connectivity index (χ4n) is 4.90. The zero-order chi connectivity index (χ0) is 26.8. The van der Waals surface area contributed by atoms with E-state index in [-0.39, 0.29) is 36.4 Å². The van der Waals surface area contributed by atoms with Gasteiger partial charge >= 0.3 is 12.2 Å². The number of Topliss-reactive ketones (excluding diaryl/α,β-unsaturated/α-hetero) is 1. The van der Waals surface area contributed by atoms with Gasteiger partial charge < -0.3 is 10.2 Å². The number of rotatable bonds is 10. The van der Waals surface area contributed by atoms with Gasteiger partial charge in [0.05, 0.1) is 11.4 Å². The number of terminal acetylenes is 1. The summed E-state index contributed by atoms with van der Waals surface area (Å²) >= 11 is 5.71. The third-order valence-corrected chi connectivity index (χ3v) is 7.19. The number of ketones is 1. The van der Waals surface area contributed by atoms with Crippen LogP contribution >= 0.6 is 11.6 Å². The SMILES string of the molecule is C#CCCCC1CCC(N(Cc2ccccc2CC(=O)CCl)C(=O)Nc2cccc(C(F)(F)F)c2)CC1. The Labute approximate surface area is 221 Å². The second-order valence-electron chi connectivity index (χ2n) is 9.53. The van der Waals surface area contributed by atoms with Gasteiger partial charge in [0.2, 0.25) is 0 Å². The lowest BCUT2D eigenvalue weighted by atomic mass is 9.82. The average Bonchev–Trinajstić information content (AvgIpc) is 2.88. The van der Waals surface area contributed by atoms with Crippen molar-refractivity contribution in [3.63, 3.8) is 0 Å². The van der Waals surface area contributed by atoms with Crippen molar-refractivity contribution in [3.8, 4) is 12.3 Å². The minimum atomic E-state index is -4.51. The van der Waals surface area contributed by atoms with E-state index in [1.54, 1.807) is 4.90 Å². The van der Waals surface area contributed by atoms with Crippen LogP contribution in [0.4, 0.5) is 23.7 Å². The molecule has 4 nitrogen and oxygen atoms in total. The molecule has 1 aliphatic rings. The molecule has 1 fully saturated rings. The van der Waals surface area contributed by atoms with E-state index in [1.165, 1.54) is 12.1 Å². The van der Waals surface area contributed by atoms with Crippen molar-refractivity contribution >= 4 is 29.1 Å². The third kappa shape index (κ3) is 8.53. The summed E-state index contributed by atoms with van der Waals surface area (Å²) in [5.41, 5.74) is 0.858. The number of hydrogen-bond acceptors (Lipinski definition) is 2. The van der Waals surface area contributed by atoms with Crippen LogP contribution in [0, 0.1) is 18.3 Å². The van der Waals surface area contributed by atoms with E-state index in [4.69, 9.17) is 18.0 Å². The van der Waals surface area contributed by atoms with Gasteiger partial charge in [-0.3, -0.25) is 4.79 Å². The molecular formula is C29H32ClF3N2O2. The van der Waals surface area contributed by atoms with Crippen molar-refractivity contribution in [1.82, 2.24) is 4.90 Å². The molecule has 0 spiro atoms. The topological polar surface area (TPSA) is 49.4 Å². The van der Waals surface area contributed by atoms with E-state index in [1.807, 2.05) is 24.3 Å². The number of carbonyl (C=O) groups excluding carboxylic acids is 2. The molecule has 1 saturated carbocycles. The zero-order valence-corrected chi connectivity index (χ0v) is 21.5. The van der Waals surface area contributed by atoms with Crippen molar-refractivity contribution in [3.05, 3.63) is 65.2 Å². The number of alkyl halides is 4. The first-order chi connectivity index (χ1) is 17.7. The zero-order valence-electron chi connectivity index (χ0n) is 20.7. The second kappa shape index (κ2) is 13.5. The lowest BCUT2D eigenvalue weighted by molar-refractivity contribution is -0.137. The Morgan fingerprint density at radius 3 is 2.41 bits per heavy atom. The van der Waals surface area contributed by atoms with Gasteiger partial charge in [-0.1, -0.05) is 30.3 Å². The van der Waals surface area contributed by atoms with Crippen molar-refractivity contribution in [2.45, 2.75) is 70.1 Å². The first-order valence-corrected chi connectivity index (χ1v) is 13.1. The van der Waals surface area contributed by atoms with Crippen LogP contribution in [-0.2, 0) is 23.9 Å². The third-order valence-electron chi connectivity index (χ3n) is 6.89. The van der Waals surface area contributed by atoms with Gasteiger partial charge in [0.15, 0.2) is 5.78 Å². The van der Waals surface area contributed by atoms with E-state index in [9.17, 15) is 22.8 Å². The predicted octanol–water partition coefficient (Wildman–Crippen LogP) is 7.45. The fraction of sp³-hybridized carbons (Fsp3) is 0.448. The Balaban J connectivity index is 1.81. The first kappa shape index (κ1) is 28.6. The van der Waals surface area contributed by atoms with Gasteiger partial charge in [0.25, 0.3) is 0 Å². The van der Waals surface area contributed by atoms with Crippen molar-refractivity contribution < 1.29 is 22.8 Å². The molecule has 2 aromatic carbocycles. The number of nitrogens with zero attached hydrogens (tertiary/aromatic N) is 1. The molecule has 198 valence electrons. The van der Waals surface area contributed by atoms with Gasteiger partial charge in [0, 0.05) is 31.1 Å². The number of unbranched alkanes of at least 4 members (excludes halogenated alkanes) is 1. The maximum absolute atomic E-state index is 13.5. The smallest absolute Gasteiger partial charge is 0.317 e. The van der Waals surface area contributed by atoms with Crippen molar-refractivity contribution in [2.24, 2.45) is 5.92 Å². The van der Waals surface area contributed by atoms with Crippen LogP contribution in [0.2, 0.25) is 0 Å². The number of nitrogens with one attached hydrogen (secondary N) is 1. The number of urea groups is 1. The van der Waals surface area contributed by atoms with Crippen LogP contribution in [0.15, 0.2) is 48.5 Å². The van der Waals surface area contributed by atoms with Crippen LogP contribution in [0.25, 0.3) is 0 Å². The summed E-state index contributed by atoms with van der Waals surface area (Å²) < 4.78 is 39.6. The maximum Gasteiger partial charge on any atom is 0.416 e. The van der Waals surface area contributed by atoms with E-state index >= 15 is 0 Å². The Kier molecular flexibility index (Phi) is 10.5. The molecule has 2 amide bonds. The molecule has 0 unspecified atom stereocenters. The highest BCUT2D eigenvalue weighted by Crippen LogP contribution is 2.33. The quantitative estimate of drug-likeness (QED) is 0.196. The van der Waals surface area contributed by atoms with Crippen LogP contribution in [0.5, 0.6) is 0 Å². The highest BCUT2D eigenvalue weighted by Gasteiger charge is 2.32. The maximum atomic E-state index is 13.5. The van der Waals surface area contributed by atoms with Gasteiger partial charge in [0.1, 0.15) is 0 Å².